The predicted molar refractivity (Wildman–Crippen MR) is 96.9 cm³/mol. The zero-order valence-corrected chi connectivity index (χ0v) is 15.9. The normalized spacial score (nSPS) is 17.2. The fraction of sp³-hybridized carbons (Fsp3) is 0.333. The molecule has 3 rings (SSSR count). The lowest BCUT2D eigenvalue weighted by atomic mass is 10.1. The van der Waals surface area contributed by atoms with Crippen molar-refractivity contribution in [3.63, 3.8) is 0 Å². The minimum atomic E-state index is -4.35. The molecule has 0 radical (unpaired) electrons. The van der Waals surface area contributed by atoms with Crippen molar-refractivity contribution in [2.75, 3.05) is 26.2 Å². The van der Waals surface area contributed by atoms with Crippen molar-refractivity contribution in [1.82, 2.24) is 9.21 Å². The van der Waals surface area contributed by atoms with Crippen LogP contribution in [0.5, 0.6) is 0 Å². The predicted octanol–water partition coefficient (Wildman–Crippen LogP) is 3.87. The van der Waals surface area contributed by atoms with Crippen LogP contribution in [-0.4, -0.2) is 43.8 Å². The SMILES string of the molecule is O=S(=O)(c1ccccc1Cl)N1CCN(Cc2ccc(C(F)(F)F)cc2)CC1. The molecule has 0 aromatic heterocycles. The number of nitrogens with zero attached hydrogens (tertiary/aromatic N) is 2. The second kappa shape index (κ2) is 7.79. The van der Waals surface area contributed by atoms with Gasteiger partial charge in [0, 0.05) is 32.7 Å². The fourth-order valence-electron chi connectivity index (χ4n) is 2.98. The number of rotatable bonds is 4. The Labute approximate surface area is 161 Å². The molecule has 9 heteroatoms. The summed E-state index contributed by atoms with van der Waals surface area (Å²) in [5.74, 6) is 0. The van der Waals surface area contributed by atoms with E-state index in [0.29, 0.717) is 32.7 Å². The quantitative estimate of drug-likeness (QED) is 0.757. The van der Waals surface area contributed by atoms with Crippen LogP contribution in [0.25, 0.3) is 0 Å². The molecular formula is C18H18ClF3N2O2S. The molecule has 0 aliphatic carbocycles. The van der Waals surface area contributed by atoms with Crippen LogP contribution in [-0.2, 0) is 22.7 Å². The maximum absolute atomic E-state index is 12.7. The van der Waals surface area contributed by atoms with Gasteiger partial charge in [-0.05, 0) is 29.8 Å². The van der Waals surface area contributed by atoms with Gasteiger partial charge in [-0.15, -0.1) is 0 Å². The molecule has 1 heterocycles. The van der Waals surface area contributed by atoms with Gasteiger partial charge < -0.3 is 0 Å². The van der Waals surface area contributed by atoms with Crippen LogP contribution in [0.3, 0.4) is 0 Å². The van der Waals surface area contributed by atoms with E-state index in [1.807, 2.05) is 4.90 Å². The van der Waals surface area contributed by atoms with Crippen molar-refractivity contribution in [1.29, 1.82) is 0 Å². The summed E-state index contributed by atoms with van der Waals surface area (Å²) < 4.78 is 64.7. The highest BCUT2D eigenvalue weighted by molar-refractivity contribution is 7.89. The van der Waals surface area contributed by atoms with Crippen LogP contribution in [0.15, 0.2) is 53.4 Å². The maximum Gasteiger partial charge on any atom is 0.416 e. The number of hydrogen-bond acceptors (Lipinski definition) is 3. The van der Waals surface area contributed by atoms with Crippen molar-refractivity contribution >= 4 is 21.6 Å². The van der Waals surface area contributed by atoms with Gasteiger partial charge in [-0.3, -0.25) is 4.90 Å². The third kappa shape index (κ3) is 4.63. The summed E-state index contributed by atoms with van der Waals surface area (Å²) in [6.45, 7) is 2.05. The number of sulfonamides is 1. The van der Waals surface area contributed by atoms with Crippen molar-refractivity contribution in [2.24, 2.45) is 0 Å². The summed E-state index contributed by atoms with van der Waals surface area (Å²) in [6, 6.07) is 11.3. The van der Waals surface area contributed by atoms with Gasteiger partial charge in [-0.25, -0.2) is 8.42 Å². The molecule has 0 saturated carbocycles. The Balaban J connectivity index is 1.61. The van der Waals surface area contributed by atoms with Crippen molar-refractivity contribution < 1.29 is 21.6 Å². The highest BCUT2D eigenvalue weighted by Gasteiger charge is 2.31. The van der Waals surface area contributed by atoms with Crippen molar-refractivity contribution in [2.45, 2.75) is 17.6 Å². The van der Waals surface area contributed by atoms with Gasteiger partial charge >= 0.3 is 6.18 Å². The topological polar surface area (TPSA) is 40.6 Å². The summed E-state index contributed by atoms with van der Waals surface area (Å²) in [5.41, 5.74) is 0.0762. The molecule has 27 heavy (non-hydrogen) atoms. The van der Waals surface area contributed by atoms with Gasteiger partial charge in [-0.1, -0.05) is 35.9 Å². The van der Waals surface area contributed by atoms with Gasteiger partial charge in [0.25, 0.3) is 0 Å². The number of piperazine rings is 1. The lowest BCUT2D eigenvalue weighted by Crippen LogP contribution is -2.48. The smallest absolute Gasteiger partial charge is 0.296 e. The Kier molecular flexibility index (Phi) is 5.81. The molecule has 0 unspecified atom stereocenters. The molecule has 0 spiro atoms. The van der Waals surface area contributed by atoms with Crippen LogP contribution in [0, 0.1) is 0 Å². The van der Waals surface area contributed by atoms with Gasteiger partial charge in [0.15, 0.2) is 0 Å². The van der Waals surface area contributed by atoms with E-state index < -0.39 is 21.8 Å². The van der Waals surface area contributed by atoms with Gasteiger partial charge in [0.2, 0.25) is 10.0 Å². The van der Waals surface area contributed by atoms with E-state index in [1.165, 1.54) is 28.6 Å². The summed E-state index contributed by atoms with van der Waals surface area (Å²) >= 11 is 6.01. The van der Waals surface area contributed by atoms with Crippen LogP contribution < -0.4 is 0 Å². The molecular weight excluding hydrogens is 401 g/mol. The third-order valence-electron chi connectivity index (χ3n) is 4.47. The number of benzene rings is 2. The fourth-order valence-corrected chi connectivity index (χ4v) is 4.89. The van der Waals surface area contributed by atoms with Gasteiger partial charge in [-0.2, -0.15) is 17.5 Å². The molecule has 4 nitrogen and oxygen atoms in total. The molecule has 146 valence electrons. The Morgan fingerprint density at radius 3 is 2.07 bits per heavy atom. The summed E-state index contributed by atoms with van der Waals surface area (Å²) in [6.07, 6.45) is -4.35. The van der Waals surface area contributed by atoms with Crippen LogP contribution in [0.2, 0.25) is 5.02 Å². The zero-order valence-electron chi connectivity index (χ0n) is 14.3. The number of halogens is 4. The van der Waals surface area contributed by atoms with Gasteiger partial charge in [0.1, 0.15) is 4.90 Å². The average molecular weight is 419 g/mol. The second-order valence-corrected chi connectivity index (χ2v) is 8.62. The van der Waals surface area contributed by atoms with Crippen LogP contribution >= 0.6 is 11.6 Å². The highest BCUT2D eigenvalue weighted by atomic mass is 35.5. The minimum absolute atomic E-state index is 0.0860. The maximum atomic E-state index is 12.7. The largest absolute Gasteiger partial charge is 0.416 e. The summed E-state index contributed by atoms with van der Waals surface area (Å²) in [4.78, 5) is 2.10. The molecule has 2 aromatic rings. The monoisotopic (exact) mass is 418 g/mol. The van der Waals surface area contributed by atoms with Crippen molar-refractivity contribution in [3.05, 3.63) is 64.7 Å². The first-order valence-electron chi connectivity index (χ1n) is 8.31. The van der Waals surface area contributed by atoms with E-state index in [0.717, 1.165) is 17.7 Å². The van der Waals surface area contributed by atoms with E-state index in [4.69, 9.17) is 11.6 Å². The molecule has 2 aromatic carbocycles. The van der Waals surface area contributed by atoms with E-state index in [-0.39, 0.29) is 9.92 Å². The Bertz CT molecular complexity index is 894. The molecule has 1 fully saturated rings. The number of alkyl halides is 3. The lowest BCUT2D eigenvalue weighted by Gasteiger charge is -2.34. The summed E-state index contributed by atoms with van der Waals surface area (Å²) in [7, 11) is -3.66. The molecule has 1 aliphatic rings. The molecule has 0 atom stereocenters. The minimum Gasteiger partial charge on any atom is -0.296 e. The zero-order chi connectivity index (χ0) is 19.7. The van der Waals surface area contributed by atoms with E-state index >= 15 is 0 Å². The van der Waals surface area contributed by atoms with Crippen LogP contribution in [0.1, 0.15) is 11.1 Å². The van der Waals surface area contributed by atoms with E-state index in [2.05, 4.69) is 0 Å². The Hall–Kier alpha value is -1.61. The average Bonchev–Trinajstić information content (AvgIpc) is 2.62. The highest BCUT2D eigenvalue weighted by Crippen LogP contribution is 2.29. The Morgan fingerprint density at radius 2 is 1.52 bits per heavy atom. The van der Waals surface area contributed by atoms with E-state index in [1.54, 1.807) is 12.1 Å². The standard InChI is InChI=1S/C18H18ClF3N2O2S/c19-16-3-1-2-4-17(16)27(25,26)24-11-9-23(10-12-24)13-14-5-7-15(8-6-14)18(20,21)22/h1-8H,9-13H2. The Morgan fingerprint density at radius 1 is 0.926 bits per heavy atom. The third-order valence-corrected chi connectivity index (χ3v) is 6.87. The first-order chi connectivity index (χ1) is 12.7. The molecule has 1 aliphatic heterocycles. The molecule has 1 saturated heterocycles. The molecule has 0 bridgehead atoms. The second-order valence-electron chi connectivity index (χ2n) is 6.31. The first-order valence-corrected chi connectivity index (χ1v) is 10.1. The van der Waals surface area contributed by atoms with Crippen LogP contribution in [0.4, 0.5) is 13.2 Å². The van der Waals surface area contributed by atoms with Gasteiger partial charge in [0.05, 0.1) is 10.6 Å². The molecule has 0 N–H and O–H groups in total. The lowest BCUT2D eigenvalue weighted by molar-refractivity contribution is -0.137. The molecule has 0 amide bonds. The summed E-state index contributed by atoms with van der Waals surface area (Å²) in [5, 5.41) is 0.185. The van der Waals surface area contributed by atoms with E-state index in [9.17, 15) is 21.6 Å². The first kappa shape index (κ1) is 20.1. The van der Waals surface area contributed by atoms with Crippen molar-refractivity contribution in [3.8, 4) is 0 Å². The number of hydrogen-bond donors (Lipinski definition) is 0.